The summed E-state index contributed by atoms with van der Waals surface area (Å²) in [6.07, 6.45) is 1.42. The maximum Gasteiger partial charge on any atom is 0.264 e. The van der Waals surface area contributed by atoms with E-state index in [4.69, 9.17) is 9.47 Å². The van der Waals surface area contributed by atoms with E-state index in [0.717, 1.165) is 12.0 Å². The highest BCUT2D eigenvalue weighted by atomic mass is 32.2. The minimum Gasteiger partial charge on any atom is -0.493 e. The second-order valence-corrected chi connectivity index (χ2v) is 9.19. The third-order valence-corrected chi connectivity index (χ3v) is 7.22. The molecular weight excluding hydrogens is 428 g/mol. The van der Waals surface area contributed by atoms with Gasteiger partial charge in [-0.05, 0) is 60.9 Å². The van der Waals surface area contributed by atoms with E-state index in [1.54, 1.807) is 60.7 Å². The van der Waals surface area contributed by atoms with Crippen molar-refractivity contribution in [2.45, 2.75) is 17.7 Å². The number of fused-ring (bicyclic) bond motifs is 1. The Bertz CT molecular complexity index is 1240. The van der Waals surface area contributed by atoms with Crippen molar-refractivity contribution in [1.29, 1.82) is 0 Å². The maximum atomic E-state index is 13.2. The molecule has 1 aliphatic heterocycles. The lowest BCUT2D eigenvalue weighted by Crippen LogP contribution is -2.35. The van der Waals surface area contributed by atoms with Crippen molar-refractivity contribution in [3.63, 3.8) is 0 Å². The molecule has 0 unspecified atom stereocenters. The predicted molar refractivity (Wildman–Crippen MR) is 123 cm³/mol. The zero-order chi connectivity index (χ0) is 22.7. The number of amides is 1. The summed E-state index contributed by atoms with van der Waals surface area (Å²) < 4.78 is 38.4. The highest BCUT2D eigenvalue weighted by molar-refractivity contribution is 7.92. The largest absolute Gasteiger partial charge is 0.493 e. The molecule has 0 bridgehead atoms. The van der Waals surface area contributed by atoms with Crippen molar-refractivity contribution >= 4 is 27.3 Å². The van der Waals surface area contributed by atoms with Gasteiger partial charge in [-0.15, -0.1) is 0 Å². The van der Waals surface area contributed by atoms with Crippen LogP contribution in [-0.2, 0) is 16.4 Å². The minimum atomic E-state index is -3.66. The summed E-state index contributed by atoms with van der Waals surface area (Å²) in [6.45, 7) is 0.414. The molecule has 0 aliphatic carbocycles. The van der Waals surface area contributed by atoms with Crippen LogP contribution in [0.25, 0.3) is 0 Å². The fourth-order valence-corrected chi connectivity index (χ4v) is 5.44. The first-order valence-electron chi connectivity index (χ1n) is 10.2. The highest BCUT2D eigenvalue weighted by Gasteiger charge is 2.29. The summed E-state index contributed by atoms with van der Waals surface area (Å²) in [5.74, 6) is 0.475. The number of hydrogen-bond donors (Lipinski definition) is 1. The van der Waals surface area contributed by atoms with Crippen LogP contribution in [0.15, 0.2) is 71.6 Å². The van der Waals surface area contributed by atoms with E-state index < -0.39 is 10.0 Å². The van der Waals surface area contributed by atoms with E-state index in [1.165, 1.54) is 18.5 Å². The van der Waals surface area contributed by atoms with Crippen LogP contribution in [0.5, 0.6) is 11.5 Å². The molecule has 1 heterocycles. The molecule has 0 aromatic heterocycles. The van der Waals surface area contributed by atoms with Crippen LogP contribution >= 0.6 is 0 Å². The molecule has 0 radical (unpaired) electrons. The quantitative estimate of drug-likeness (QED) is 0.609. The first kappa shape index (κ1) is 21.7. The van der Waals surface area contributed by atoms with Gasteiger partial charge < -0.3 is 14.8 Å². The summed E-state index contributed by atoms with van der Waals surface area (Å²) in [7, 11) is -0.662. The third kappa shape index (κ3) is 4.01. The second-order valence-electron chi connectivity index (χ2n) is 7.33. The summed E-state index contributed by atoms with van der Waals surface area (Å²) in [6, 6.07) is 18.8. The molecule has 7 nitrogen and oxygen atoms in total. The molecule has 3 aromatic rings. The molecule has 0 saturated carbocycles. The maximum absolute atomic E-state index is 13.2. The van der Waals surface area contributed by atoms with Crippen molar-refractivity contribution in [1.82, 2.24) is 0 Å². The van der Waals surface area contributed by atoms with Crippen molar-refractivity contribution in [2.75, 3.05) is 30.4 Å². The van der Waals surface area contributed by atoms with Crippen LogP contribution in [0, 0.1) is 0 Å². The van der Waals surface area contributed by atoms with Gasteiger partial charge >= 0.3 is 0 Å². The van der Waals surface area contributed by atoms with Gasteiger partial charge in [-0.3, -0.25) is 9.10 Å². The van der Waals surface area contributed by atoms with E-state index in [1.807, 2.05) is 6.07 Å². The fourth-order valence-electron chi connectivity index (χ4n) is 3.87. The topological polar surface area (TPSA) is 84.9 Å². The van der Waals surface area contributed by atoms with Gasteiger partial charge in [-0.25, -0.2) is 8.42 Å². The summed E-state index contributed by atoms with van der Waals surface area (Å²) >= 11 is 0. The van der Waals surface area contributed by atoms with E-state index >= 15 is 0 Å². The molecule has 0 fully saturated rings. The zero-order valence-electron chi connectivity index (χ0n) is 17.9. The second kappa shape index (κ2) is 8.92. The number of para-hydroxylation sites is 1. The van der Waals surface area contributed by atoms with E-state index in [9.17, 15) is 13.2 Å². The van der Waals surface area contributed by atoms with Crippen molar-refractivity contribution < 1.29 is 22.7 Å². The number of rotatable bonds is 6. The fraction of sp³-hybridized carbons (Fsp3) is 0.208. The number of hydrogen-bond acceptors (Lipinski definition) is 5. The number of benzene rings is 3. The van der Waals surface area contributed by atoms with Crippen LogP contribution in [0.3, 0.4) is 0 Å². The zero-order valence-corrected chi connectivity index (χ0v) is 18.7. The molecule has 1 amide bonds. The molecule has 32 heavy (non-hydrogen) atoms. The number of anilines is 2. The summed E-state index contributed by atoms with van der Waals surface area (Å²) in [5, 5.41) is 2.88. The lowest BCUT2D eigenvalue weighted by molar-refractivity contribution is 0.102. The number of ether oxygens (including phenoxy) is 2. The van der Waals surface area contributed by atoms with E-state index in [-0.39, 0.29) is 10.8 Å². The van der Waals surface area contributed by atoms with Crippen molar-refractivity contribution in [3.05, 3.63) is 77.9 Å². The van der Waals surface area contributed by atoms with Gasteiger partial charge in [0.25, 0.3) is 15.9 Å². The first-order chi connectivity index (χ1) is 15.5. The van der Waals surface area contributed by atoms with Gasteiger partial charge in [0.05, 0.1) is 30.4 Å². The van der Waals surface area contributed by atoms with Crippen molar-refractivity contribution in [2.24, 2.45) is 0 Å². The van der Waals surface area contributed by atoms with Crippen LogP contribution in [0.4, 0.5) is 11.4 Å². The van der Waals surface area contributed by atoms with Gasteiger partial charge in [0, 0.05) is 12.2 Å². The molecule has 166 valence electrons. The standard InChI is InChI=1S/C24H24N2O5S/c1-30-22-12-6-11-20(23(22)31-2)24(27)25-18-13-14-21-17(16-18)8-7-15-26(21)32(28,29)19-9-4-3-5-10-19/h3-6,9-14,16H,7-8,15H2,1-2H3,(H,25,27). The Balaban J connectivity index is 1.62. The van der Waals surface area contributed by atoms with Crippen LogP contribution in [-0.4, -0.2) is 35.1 Å². The molecule has 1 N–H and O–H groups in total. The Morgan fingerprint density at radius 2 is 1.75 bits per heavy atom. The molecule has 0 spiro atoms. The third-order valence-electron chi connectivity index (χ3n) is 5.39. The van der Waals surface area contributed by atoms with Gasteiger partial charge in [0.1, 0.15) is 0 Å². The Morgan fingerprint density at radius 3 is 2.47 bits per heavy atom. The lowest BCUT2D eigenvalue weighted by atomic mass is 10.0. The number of aryl methyl sites for hydroxylation is 1. The molecule has 3 aromatic carbocycles. The molecule has 8 heteroatoms. The Labute approximate surface area is 187 Å². The lowest BCUT2D eigenvalue weighted by Gasteiger charge is -2.31. The van der Waals surface area contributed by atoms with Crippen molar-refractivity contribution in [3.8, 4) is 11.5 Å². The average Bonchev–Trinajstić information content (AvgIpc) is 2.83. The Kier molecular flexibility index (Phi) is 6.05. The normalized spacial score (nSPS) is 13.2. The molecule has 0 atom stereocenters. The van der Waals surface area contributed by atoms with Gasteiger partial charge in [-0.2, -0.15) is 0 Å². The van der Waals surface area contributed by atoms with Gasteiger partial charge in [0.2, 0.25) is 0 Å². The van der Waals surface area contributed by atoms with Gasteiger partial charge in [0.15, 0.2) is 11.5 Å². The minimum absolute atomic E-state index is 0.260. The van der Waals surface area contributed by atoms with Crippen LogP contribution in [0.2, 0.25) is 0 Å². The molecule has 1 aliphatic rings. The SMILES string of the molecule is COc1cccc(C(=O)Nc2ccc3c(c2)CCCN3S(=O)(=O)c2ccccc2)c1OC. The smallest absolute Gasteiger partial charge is 0.264 e. The molecule has 4 rings (SSSR count). The van der Waals surface area contributed by atoms with E-state index in [2.05, 4.69) is 5.32 Å². The predicted octanol–water partition coefficient (Wildman–Crippen LogP) is 4.10. The number of nitrogens with one attached hydrogen (secondary N) is 1. The Hall–Kier alpha value is -3.52. The number of sulfonamides is 1. The molecule has 0 saturated heterocycles. The van der Waals surface area contributed by atoms with Crippen LogP contribution in [0.1, 0.15) is 22.3 Å². The first-order valence-corrected chi connectivity index (χ1v) is 11.6. The van der Waals surface area contributed by atoms with Gasteiger partial charge in [-0.1, -0.05) is 24.3 Å². The number of carbonyl (C=O) groups excluding carboxylic acids is 1. The highest BCUT2D eigenvalue weighted by Crippen LogP contribution is 2.35. The monoisotopic (exact) mass is 452 g/mol. The number of carbonyl (C=O) groups is 1. The average molecular weight is 453 g/mol. The Morgan fingerprint density at radius 1 is 0.969 bits per heavy atom. The molecular formula is C24H24N2O5S. The number of methoxy groups -OCH3 is 2. The van der Waals surface area contributed by atoms with Crippen LogP contribution < -0.4 is 19.1 Å². The summed E-state index contributed by atoms with van der Waals surface area (Å²) in [4.78, 5) is 13.1. The number of nitrogens with zero attached hydrogens (tertiary/aromatic N) is 1. The summed E-state index contributed by atoms with van der Waals surface area (Å²) in [5.41, 5.74) is 2.43. The van der Waals surface area contributed by atoms with E-state index in [0.29, 0.717) is 41.4 Å².